The van der Waals surface area contributed by atoms with E-state index in [2.05, 4.69) is 34.1 Å². The van der Waals surface area contributed by atoms with E-state index in [1.165, 1.54) is 0 Å². The van der Waals surface area contributed by atoms with E-state index in [1.807, 2.05) is 31.5 Å². The average Bonchev–Trinajstić information content (AvgIpc) is 3.20. The lowest BCUT2D eigenvalue weighted by atomic mass is 10.1. The number of carbonyl (C=O) groups excluding carboxylic acids is 1. The van der Waals surface area contributed by atoms with E-state index in [1.54, 1.807) is 0 Å². The number of benzene rings is 1. The van der Waals surface area contributed by atoms with Gasteiger partial charge in [0.1, 0.15) is 6.10 Å². The highest BCUT2D eigenvalue weighted by Crippen LogP contribution is 2.18. The Bertz CT molecular complexity index is 584. The molecule has 0 bridgehead atoms. The molecule has 0 saturated carbocycles. The van der Waals surface area contributed by atoms with Crippen LogP contribution in [0.2, 0.25) is 0 Å². The Hall–Kier alpha value is -2.07. The maximum absolute atomic E-state index is 12.0. The summed E-state index contributed by atoms with van der Waals surface area (Å²) in [5, 5.41) is 3.02. The molecule has 1 saturated heterocycles. The van der Waals surface area contributed by atoms with Crippen molar-refractivity contribution in [2.45, 2.75) is 31.9 Å². The zero-order chi connectivity index (χ0) is 14.7. The lowest BCUT2D eigenvalue weighted by Gasteiger charge is -2.17. The molecule has 1 N–H and O–H groups in total. The number of nitrogens with one attached hydrogen (secondary N) is 1. The van der Waals surface area contributed by atoms with Crippen LogP contribution in [0.1, 0.15) is 31.4 Å². The highest BCUT2D eigenvalue weighted by atomic mass is 16.5. The molecule has 4 heteroatoms. The Balaban J connectivity index is 1.64. The van der Waals surface area contributed by atoms with Gasteiger partial charge in [-0.25, -0.2) is 0 Å². The van der Waals surface area contributed by atoms with E-state index in [4.69, 9.17) is 4.74 Å². The third-order valence-corrected chi connectivity index (χ3v) is 3.88. The predicted molar refractivity (Wildman–Crippen MR) is 81.3 cm³/mol. The second-order valence-electron chi connectivity index (χ2n) is 5.41. The molecule has 1 amide bonds. The SMILES string of the molecule is C[C@@H](NC(=O)[C@H]1CCCO1)c1ccc(-n2cccc2)cc1. The van der Waals surface area contributed by atoms with E-state index < -0.39 is 0 Å². The normalized spacial score (nSPS) is 19.4. The smallest absolute Gasteiger partial charge is 0.249 e. The van der Waals surface area contributed by atoms with Gasteiger partial charge in [-0.15, -0.1) is 0 Å². The minimum absolute atomic E-state index is 0.00511. The fraction of sp³-hybridized carbons (Fsp3) is 0.353. The van der Waals surface area contributed by atoms with E-state index in [0.717, 1.165) is 24.1 Å². The number of nitrogens with zero attached hydrogens (tertiary/aromatic N) is 1. The van der Waals surface area contributed by atoms with E-state index >= 15 is 0 Å². The summed E-state index contributed by atoms with van der Waals surface area (Å²) in [6.45, 7) is 2.69. The first-order chi connectivity index (χ1) is 10.2. The first-order valence-corrected chi connectivity index (χ1v) is 7.39. The number of rotatable bonds is 4. The average molecular weight is 284 g/mol. The number of hydrogen-bond donors (Lipinski definition) is 1. The van der Waals surface area contributed by atoms with Crippen molar-refractivity contribution in [2.75, 3.05) is 6.61 Å². The van der Waals surface area contributed by atoms with Crippen LogP contribution in [-0.4, -0.2) is 23.2 Å². The van der Waals surface area contributed by atoms with Gasteiger partial charge < -0.3 is 14.6 Å². The number of hydrogen-bond acceptors (Lipinski definition) is 2. The molecule has 0 unspecified atom stereocenters. The van der Waals surface area contributed by atoms with Gasteiger partial charge in [-0.2, -0.15) is 0 Å². The van der Waals surface area contributed by atoms with E-state index in [9.17, 15) is 4.79 Å². The van der Waals surface area contributed by atoms with E-state index in [-0.39, 0.29) is 18.1 Å². The molecule has 2 atom stereocenters. The van der Waals surface area contributed by atoms with Crippen LogP contribution >= 0.6 is 0 Å². The quantitative estimate of drug-likeness (QED) is 0.938. The molecular formula is C17H20N2O2. The van der Waals surface area contributed by atoms with Crippen molar-refractivity contribution < 1.29 is 9.53 Å². The molecule has 1 aliphatic heterocycles. The van der Waals surface area contributed by atoms with Gasteiger partial charge in [0.2, 0.25) is 5.91 Å². The molecule has 1 aliphatic rings. The summed E-state index contributed by atoms with van der Waals surface area (Å²) < 4.78 is 7.46. The van der Waals surface area contributed by atoms with Gasteiger partial charge >= 0.3 is 0 Å². The highest BCUT2D eigenvalue weighted by Gasteiger charge is 2.24. The lowest BCUT2D eigenvalue weighted by molar-refractivity contribution is -0.130. The third-order valence-electron chi connectivity index (χ3n) is 3.88. The number of amides is 1. The molecule has 0 spiro atoms. The predicted octanol–water partition coefficient (Wildman–Crippen LogP) is 2.83. The summed E-state index contributed by atoms with van der Waals surface area (Å²) in [6.07, 6.45) is 5.55. The van der Waals surface area contributed by atoms with Crippen LogP contribution in [0.15, 0.2) is 48.8 Å². The Morgan fingerprint density at radius 3 is 2.62 bits per heavy atom. The Morgan fingerprint density at radius 1 is 1.29 bits per heavy atom. The van der Waals surface area contributed by atoms with Crippen molar-refractivity contribution in [2.24, 2.45) is 0 Å². The topological polar surface area (TPSA) is 43.3 Å². The highest BCUT2D eigenvalue weighted by molar-refractivity contribution is 5.81. The second-order valence-corrected chi connectivity index (χ2v) is 5.41. The molecule has 1 fully saturated rings. The third kappa shape index (κ3) is 3.16. The molecule has 2 heterocycles. The molecule has 4 nitrogen and oxygen atoms in total. The molecule has 2 aromatic rings. The van der Waals surface area contributed by atoms with Crippen LogP contribution in [0.25, 0.3) is 5.69 Å². The van der Waals surface area contributed by atoms with Crippen molar-refractivity contribution in [3.63, 3.8) is 0 Å². The van der Waals surface area contributed by atoms with Crippen LogP contribution < -0.4 is 5.32 Å². The van der Waals surface area contributed by atoms with Crippen molar-refractivity contribution >= 4 is 5.91 Å². The Kier molecular flexibility index (Phi) is 4.06. The van der Waals surface area contributed by atoms with E-state index in [0.29, 0.717) is 6.61 Å². The van der Waals surface area contributed by atoms with Crippen molar-refractivity contribution in [1.29, 1.82) is 0 Å². The largest absolute Gasteiger partial charge is 0.368 e. The summed E-state index contributed by atoms with van der Waals surface area (Å²) in [5.74, 6) is -0.00511. The maximum Gasteiger partial charge on any atom is 0.249 e. The van der Waals surface area contributed by atoms with Gasteiger partial charge in [0.05, 0.1) is 6.04 Å². The van der Waals surface area contributed by atoms with Crippen molar-refractivity contribution in [1.82, 2.24) is 9.88 Å². The van der Waals surface area contributed by atoms with Crippen molar-refractivity contribution in [3.8, 4) is 5.69 Å². The summed E-state index contributed by atoms with van der Waals surface area (Å²) >= 11 is 0. The van der Waals surface area contributed by atoms with Crippen LogP contribution in [0, 0.1) is 0 Å². The van der Waals surface area contributed by atoms with Crippen LogP contribution in [-0.2, 0) is 9.53 Å². The summed E-state index contributed by atoms with van der Waals surface area (Å²) in [6, 6.07) is 12.2. The number of carbonyl (C=O) groups is 1. The van der Waals surface area contributed by atoms with Crippen LogP contribution in [0.5, 0.6) is 0 Å². The molecule has 3 rings (SSSR count). The zero-order valence-electron chi connectivity index (χ0n) is 12.2. The summed E-state index contributed by atoms with van der Waals surface area (Å²) in [4.78, 5) is 12.0. The fourth-order valence-electron chi connectivity index (χ4n) is 2.62. The first kappa shape index (κ1) is 13.9. The fourth-order valence-corrected chi connectivity index (χ4v) is 2.62. The summed E-state index contributed by atoms with van der Waals surface area (Å²) in [7, 11) is 0. The number of ether oxygens (including phenoxy) is 1. The Labute approximate surface area is 124 Å². The van der Waals surface area contributed by atoms with Gasteiger partial charge in [-0.05, 0) is 49.6 Å². The zero-order valence-corrected chi connectivity index (χ0v) is 12.2. The molecular weight excluding hydrogens is 264 g/mol. The minimum Gasteiger partial charge on any atom is -0.368 e. The molecule has 1 aromatic carbocycles. The van der Waals surface area contributed by atoms with Gasteiger partial charge in [-0.3, -0.25) is 4.79 Å². The van der Waals surface area contributed by atoms with Gasteiger partial charge in [0.25, 0.3) is 0 Å². The number of aromatic nitrogens is 1. The maximum atomic E-state index is 12.0. The summed E-state index contributed by atoms with van der Waals surface area (Å²) in [5.41, 5.74) is 2.21. The van der Waals surface area contributed by atoms with Gasteiger partial charge in [0, 0.05) is 24.7 Å². The van der Waals surface area contributed by atoms with Crippen LogP contribution in [0.3, 0.4) is 0 Å². The Morgan fingerprint density at radius 2 is 2.00 bits per heavy atom. The first-order valence-electron chi connectivity index (χ1n) is 7.39. The molecule has 110 valence electrons. The molecule has 21 heavy (non-hydrogen) atoms. The van der Waals surface area contributed by atoms with Crippen LogP contribution in [0.4, 0.5) is 0 Å². The van der Waals surface area contributed by atoms with Gasteiger partial charge in [-0.1, -0.05) is 12.1 Å². The molecule has 1 aromatic heterocycles. The molecule has 0 radical (unpaired) electrons. The molecule has 0 aliphatic carbocycles. The van der Waals surface area contributed by atoms with Gasteiger partial charge in [0.15, 0.2) is 0 Å². The monoisotopic (exact) mass is 284 g/mol. The second kappa shape index (κ2) is 6.14. The van der Waals surface area contributed by atoms with Crippen molar-refractivity contribution in [3.05, 3.63) is 54.4 Å². The standard InChI is InChI=1S/C17H20N2O2/c1-13(18-17(20)16-5-4-12-21-16)14-6-8-15(9-7-14)19-10-2-3-11-19/h2-3,6-11,13,16H,4-5,12H2,1H3,(H,18,20)/t13-,16-/m1/s1. The lowest BCUT2D eigenvalue weighted by Crippen LogP contribution is -2.35. The minimum atomic E-state index is -0.272.